The minimum atomic E-state index is -0.0461. The second-order valence-electron chi connectivity index (χ2n) is 5.98. The summed E-state index contributed by atoms with van der Waals surface area (Å²) in [6.07, 6.45) is 1.72. The number of ketones is 1. The maximum Gasteiger partial charge on any atom is 0.194 e. The number of rotatable bonds is 2. The fourth-order valence-corrected chi connectivity index (χ4v) is 2.07. The van der Waals surface area contributed by atoms with Crippen molar-refractivity contribution in [1.29, 1.82) is 0 Å². The number of aromatic nitrogens is 2. The van der Waals surface area contributed by atoms with Gasteiger partial charge < -0.3 is 4.98 Å². The van der Waals surface area contributed by atoms with E-state index in [9.17, 15) is 4.79 Å². The van der Waals surface area contributed by atoms with Crippen LogP contribution in [-0.2, 0) is 5.41 Å². The quantitative estimate of drug-likeness (QED) is 0.829. The van der Waals surface area contributed by atoms with E-state index >= 15 is 0 Å². The molecule has 1 aromatic carbocycles. The van der Waals surface area contributed by atoms with Gasteiger partial charge in [0.25, 0.3) is 0 Å². The van der Waals surface area contributed by atoms with Gasteiger partial charge >= 0.3 is 0 Å². The number of carbonyl (C=O) groups excluding carboxylic acids is 1. The number of aryl methyl sites for hydroxylation is 1. The van der Waals surface area contributed by atoms with Crippen LogP contribution in [0.5, 0.6) is 0 Å². The fraction of sp³-hybridized carbons (Fsp3) is 0.375. The van der Waals surface area contributed by atoms with Crippen molar-refractivity contribution >= 4 is 5.78 Å². The predicted octanol–water partition coefficient (Wildman–Crippen LogP) is 3.89. The van der Waals surface area contributed by atoms with Gasteiger partial charge in [0.05, 0.1) is 11.9 Å². The molecule has 0 aliphatic rings. The van der Waals surface area contributed by atoms with E-state index in [0.717, 1.165) is 11.3 Å². The minimum Gasteiger partial charge on any atom is -0.336 e. The number of benzene rings is 1. The van der Waals surface area contributed by atoms with Gasteiger partial charge in [-0.3, -0.25) is 4.79 Å². The Bertz CT molecular complexity index is 618. The van der Waals surface area contributed by atoms with Crippen LogP contribution in [0.25, 0.3) is 11.3 Å². The molecule has 0 amide bonds. The molecule has 1 N–H and O–H groups in total. The summed E-state index contributed by atoms with van der Waals surface area (Å²) >= 11 is 0. The van der Waals surface area contributed by atoms with Crippen molar-refractivity contribution in [2.24, 2.45) is 0 Å². The summed E-state index contributed by atoms with van der Waals surface area (Å²) in [7, 11) is 0. The SMILES string of the molecule is CC(=O)c1ncc(-c2ccc(C(C)(C)C)cc2C)[nH]1. The van der Waals surface area contributed by atoms with Crippen molar-refractivity contribution in [2.45, 2.75) is 40.0 Å². The Kier molecular flexibility index (Phi) is 3.31. The maximum atomic E-state index is 11.3. The van der Waals surface area contributed by atoms with Crippen LogP contribution in [0.2, 0.25) is 0 Å². The molecule has 0 bridgehead atoms. The minimum absolute atomic E-state index is 0.0461. The number of nitrogens with zero attached hydrogens (tertiary/aromatic N) is 1. The summed E-state index contributed by atoms with van der Waals surface area (Å²) in [6.45, 7) is 10.2. The summed E-state index contributed by atoms with van der Waals surface area (Å²) in [6, 6.07) is 6.42. The lowest BCUT2D eigenvalue weighted by Gasteiger charge is -2.20. The van der Waals surface area contributed by atoms with Crippen molar-refractivity contribution in [3.63, 3.8) is 0 Å². The van der Waals surface area contributed by atoms with Crippen LogP contribution < -0.4 is 0 Å². The fourth-order valence-electron chi connectivity index (χ4n) is 2.07. The molecule has 3 heteroatoms. The lowest BCUT2D eigenvalue weighted by atomic mass is 9.85. The van der Waals surface area contributed by atoms with Gasteiger partial charge in [-0.1, -0.05) is 39.0 Å². The van der Waals surface area contributed by atoms with Crippen LogP contribution >= 0.6 is 0 Å². The lowest BCUT2D eigenvalue weighted by molar-refractivity contribution is 0.100. The molecule has 0 aliphatic carbocycles. The van der Waals surface area contributed by atoms with Gasteiger partial charge in [0.2, 0.25) is 0 Å². The summed E-state index contributed by atoms with van der Waals surface area (Å²) < 4.78 is 0. The molecular formula is C16H20N2O. The zero-order valence-corrected chi connectivity index (χ0v) is 12.2. The number of imidazole rings is 1. The molecule has 1 heterocycles. The second-order valence-corrected chi connectivity index (χ2v) is 5.98. The molecule has 0 spiro atoms. The number of aromatic amines is 1. The van der Waals surface area contributed by atoms with E-state index in [-0.39, 0.29) is 11.2 Å². The van der Waals surface area contributed by atoms with Gasteiger partial charge in [0, 0.05) is 12.5 Å². The largest absolute Gasteiger partial charge is 0.336 e. The highest BCUT2D eigenvalue weighted by molar-refractivity contribution is 5.91. The zero-order chi connectivity index (χ0) is 14.2. The van der Waals surface area contributed by atoms with E-state index in [1.165, 1.54) is 18.1 Å². The van der Waals surface area contributed by atoms with Crippen molar-refractivity contribution in [1.82, 2.24) is 9.97 Å². The van der Waals surface area contributed by atoms with Gasteiger partial charge in [-0.2, -0.15) is 0 Å². The molecule has 0 unspecified atom stereocenters. The molecule has 0 saturated carbocycles. The van der Waals surface area contributed by atoms with E-state index < -0.39 is 0 Å². The third-order valence-corrected chi connectivity index (χ3v) is 3.29. The Hall–Kier alpha value is -1.90. The maximum absolute atomic E-state index is 11.3. The standard InChI is InChI=1S/C16H20N2O/c1-10-8-12(16(3,4)5)6-7-13(10)14-9-17-15(18-14)11(2)19/h6-9H,1-5H3,(H,17,18). The van der Waals surface area contributed by atoms with E-state index in [2.05, 4.69) is 55.9 Å². The highest BCUT2D eigenvalue weighted by Gasteiger charge is 2.15. The summed E-state index contributed by atoms with van der Waals surface area (Å²) in [5.41, 5.74) is 4.62. The Morgan fingerprint density at radius 2 is 1.95 bits per heavy atom. The van der Waals surface area contributed by atoms with E-state index in [0.29, 0.717) is 5.82 Å². The molecule has 0 fully saturated rings. The van der Waals surface area contributed by atoms with Gasteiger partial charge in [-0.25, -0.2) is 4.98 Å². The molecule has 1 aromatic heterocycles. The summed E-state index contributed by atoms with van der Waals surface area (Å²) in [4.78, 5) is 18.4. The Morgan fingerprint density at radius 1 is 1.26 bits per heavy atom. The van der Waals surface area contributed by atoms with Crippen LogP contribution in [0.4, 0.5) is 0 Å². The number of Topliss-reactive ketones (excluding diaryl/α,β-unsaturated/α-hetero) is 1. The monoisotopic (exact) mass is 256 g/mol. The predicted molar refractivity (Wildman–Crippen MR) is 77.5 cm³/mol. The molecule has 0 aliphatic heterocycles. The van der Waals surface area contributed by atoms with Crippen LogP contribution in [0.1, 0.15) is 49.4 Å². The molecule has 100 valence electrons. The molecule has 2 rings (SSSR count). The first-order valence-corrected chi connectivity index (χ1v) is 6.46. The van der Waals surface area contributed by atoms with Crippen molar-refractivity contribution < 1.29 is 4.79 Å². The molecule has 19 heavy (non-hydrogen) atoms. The van der Waals surface area contributed by atoms with E-state index in [1.54, 1.807) is 6.20 Å². The number of carbonyl (C=O) groups is 1. The van der Waals surface area contributed by atoms with Crippen molar-refractivity contribution in [3.8, 4) is 11.3 Å². The molecule has 0 saturated heterocycles. The lowest BCUT2D eigenvalue weighted by Crippen LogP contribution is -2.11. The smallest absolute Gasteiger partial charge is 0.194 e. The average molecular weight is 256 g/mol. The van der Waals surface area contributed by atoms with Gasteiger partial charge in [0.1, 0.15) is 0 Å². The highest BCUT2D eigenvalue weighted by atomic mass is 16.1. The normalized spacial score (nSPS) is 11.6. The summed E-state index contributed by atoms with van der Waals surface area (Å²) in [5, 5.41) is 0. The first kappa shape index (κ1) is 13.5. The van der Waals surface area contributed by atoms with E-state index in [1.807, 2.05) is 0 Å². The molecule has 0 atom stereocenters. The number of H-pyrrole nitrogens is 1. The third-order valence-electron chi connectivity index (χ3n) is 3.29. The van der Waals surface area contributed by atoms with E-state index in [4.69, 9.17) is 0 Å². The molecular weight excluding hydrogens is 236 g/mol. The highest BCUT2D eigenvalue weighted by Crippen LogP contribution is 2.28. The Labute approximate surface area is 114 Å². The van der Waals surface area contributed by atoms with Crippen molar-refractivity contribution in [3.05, 3.63) is 41.3 Å². The number of nitrogens with one attached hydrogen (secondary N) is 1. The second kappa shape index (κ2) is 4.65. The average Bonchev–Trinajstić information content (AvgIpc) is 2.76. The topological polar surface area (TPSA) is 45.8 Å². The number of hydrogen-bond donors (Lipinski definition) is 1. The molecule has 2 aromatic rings. The van der Waals surface area contributed by atoms with Crippen LogP contribution in [0.15, 0.2) is 24.4 Å². The summed E-state index contributed by atoms with van der Waals surface area (Å²) in [5.74, 6) is 0.365. The van der Waals surface area contributed by atoms with Crippen LogP contribution in [0.3, 0.4) is 0 Å². The van der Waals surface area contributed by atoms with Crippen LogP contribution in [0, 0.1) is 6.92 Å². The zero-order valence-electron chi connectivity index (χ0n) is 12.2. The van der Waals surface area contributed by atoms with Crippen LogP contribution in [-0.4, -0.2) is 15.8 Å². The van der Waals surface area contributed by atoms with Crippen molar-refractivity contribution in [2.75, 3.05) is 0 Å². The first-order chi connectivity index (χ1) is 8.79. The third kappa shape index (κ3) is 2.75. The van der Waals surface area contributed by atoms with Gasteiger partial charge in [-0.05, 0) is 23.5 Å². The molecule has 3 nitrogen and oxygen atoms in total. The Balaban J connectivity index is 2.43. The van der Waals surface area contributed by atoms with Gasteiger partial charge in [0.15, 0.2) is 11.6 Å². The first-order valence-electron chi connectivity index (χ1n) is 6.46. The molecule has 0 radical (unpaired) electrons. The van der Waals surface area contributed by atoms with Gasteiger partial charge in [-0.15, -0.1) is 0 Å². The number of hydrogen-bond acceptors (Lipinski definition) is 2. The Morgan fingerprint density at radius 3 is 2.42 bits per heavy atom.